The Balaban J connectivity index is 1.63. The molecule has 0 aromatic carbocycles. The second-order valence-corrected chi connectivity index (χ2v) is 6.95. The third kappa shape index (κ3) is 3.52. The van der Waals surface area contributed by atoms with Crippen LogP contribution in [0.1, 0.15) is 59.9 Å². The Morgan fingerprint density at radius 3 is 2.81 bits per heavy atom. The molecule has 0 saturated heterocycles. The molecule has 2 aromatic rings. The number of nitrogens with zero attached hydrogens (tertiary/aromatic N) is 3. The molecule has 3 rings (SSSR count). The first-order chi connectivity index (χ1) is 10.2. The van der Waals surface area contributed by atoms with E-state index in [2.05, 4.69) is 23.4 Å². The molecular formula is C16H24N4S. The Kier molecular flexibility index (Phi) is 4.70. The summed E-state index contributed by atoms with van der Waals surface area (Å²) in [7, 11) is 2.03. The van der Waals surface area contributed by atoms with E-state index in [-0.39, 0.29) is 0 Å². The van der Waals surface area contributed by atoms with Crippen molar-refractivity contribution in [2.24, 2.45) is 7.05 Å². The number of aryl methyl sites for hydroxylation is 2. The van der Waals surface area contributed by atoms with Crippen LogP contribution in [-0.4, -0.2) is 14.8 Å². The predicted molar refractivity (Wildman–Crippen MR) is 86.4 cm³/mol. The molecular weight excluding hydrogens is 280 g/mol. The van der Waals surface area contributed by atoms with E-state index in [4.69, 9.17) is 5.10 Å². The van der Waals surface area contributed by atoms with Gasteiger partial charge in [0.15, 0.2) is 0 Å². The number of nitrogens with one attached hydrogen (secondary N) is 1. The standard InChI is InChI=1S/C16H24N4S/c1-12-15(21-11-18-12)9-17-8-14-10-20(2)19-16(14)13-6-4-3-5-7-13/h10-11,13,17H,3-9H2,1-2H3. The molecule has 2 aromatic heterocycles. The zero-order valence-electron chi connectivity index (χ0n) is 12.9. The summed E-state index contributed by atoms with van der Waals surface area (Å²) < 4.78 is 1.97. The Bertz CT molecular complexity index is 581. The molecule has 114 valence electrons. The van der Waals surface area contributed by atoms with Gasteiger partial charge in [0.2, 0.25) is 0 Å². The average Bonchev–Trinajstić information content (AvgIpc) is 3.06. The summed E-state index contributed by atoms with van der Waals surface area (Å²) in [5.41, 5.74) is 5.76. The van der Waals surface area contributed by atoms with Gasteiger partial charge in [0, 0.05) is 42.7 Å². The quantitative estimate of drug-likeness (QED) is 0.919. The molecule has 1 aliphatic rings. The number of thiazole rings is 1. The van der Waals surface area contributed by atoms with Gasteiger partial charge in [0.25, 0.3) is 0 Å². The molecule has 1 N–H and O–H groups in total. The minimum absolute atomic E-state index is 0.668. The van der Waals surface area contributed by atoms with E-state index in [9.17, 15) is 0 Å². The summed E-state index contributed by atoms with van der Waals surface area (Å²) in [4.78, 5) is 5.63. The van der Waals surface area contributed by atoms with Crippen LogP contribution >= 0.6 is 11.3 Å². The summed E-state index contributed by atoms with van der Waals surface area (Å²) in [6.07, 6.45) is 8.89. The maximum atomic E-state index is 4.73. The van der Waals surface area contributed by atoms with Crippen LogP contribution in [0.2, 0.25) is 0 Å². The van der Waals surface area contributed by atoms with Gasteiger partial charge in [-0.05, 0) is 19.8 Å². The molecule has 0 spiro atoms. The van der Waals surface area contributed by atoms with Crippen molar-refractivity contribution in [1.29, 1.82) is 0 Å². The molecule has 21 heavy (non-hydrogen) atoms. The van der Waals surface area contributed by atoms with Gasteiger partial charge in [-0.15, -0.1) is 11.3 Å². The fourth-order valence-corrected chi connectivity index (χ4v) is 3.96. The summed E-state index contributed by atoms with van der Waals surface area (Å²) in [6, 6.07) is 0. The minimum atomic E-state index is 0.668. The van der Waals surface area contributed by atoms with Gasteiger partial charge in [-0.2, -0.15) is 5.10 Å². The van der Waals surface area contributed by atoms with Crippen molar-refractivity contribution in [2.75, 3.05) is 0 Å². The summed E-state index contributed by atoms with van der Waals surface area (Å²) in [6.45, 7) is 3.87. The zero-order valence-corrected chi connectivity index (χ0v) is 13.7. The van der Waals surface area contributed by atoms with E-state index in [1.165, 1.54) is 48.2 Å². The molecule has 0 radical (unpaired) electrons. The van der Waals surface area contributed by atoms with Gasteiger partial charge in [-0.3, -0.25) is 4.68 Å². The summed E-state index contributed by atoms with van der Waals surface area (Å²) in [5, 5.41) is 8.29. The van der Waals surface area contributed by atoms with Crippen LogP contribution in [0.25, 0.3) is 0 Å². The van der Waals surface area contributed by atoms with Crippen molar-refractivity contribution in [3.05, 3.63) is 33.5 Å². The monoisotopic (exact) mass is 304 g/mol. The molecule has 0 amide bonds. The van der Waals surface area contributed by atoms with Crippen molar-refractivity contribution in [1.82, 2.24) is 20.1 Å². The van der Waals surface area contributed by atoms with E-state index >= 15 is 0 Å². The maximum Gasteiger partial charge on any atom is 0.0798 e. The van der Waals surface area contributed by atoms with Gasteiger partial charge in [0.05, 0.1) is 16.9 Å². The molecule has 2 heterocycles. The first-order valence-electron chi connectivity index (χ1n) is 7.86. The third-order valence-electron chi connectivity index (χ3n) is 4.37. The first kappa shape index (κ1) is 14.7. The van der Waals surface area contributed by atoms with Crippen LogP contribution in [0.4, 0.5) is 0 Å². The van der Waals surface area contributed by atoms with Crippen molar-refractivity contribution >= 4 is 11.3 Å². The fraction of sp³-hybridized carbons (Fsp3) is 0.625. The lowest BCUT2D eigenvalue weighted by Crippen LogP contribution is -2.15. The van der Waals surface area contributed by atoms with E-state index in [1.807, 2.05) is 17.2 Å². The van der Waals surface area contributed by atoms with Gasteiger partial charge >= 0.3 is 0 Å². The Morgan fingerprint density at radius 2 is 2.10 bits per heavy atom. The molecule has 1 fully saturated rings. The van der Waals surface area contributed by atoms with Crippen LogP contribution in [0.5, 0.6) is 0 Å². The molecule has 0 atom stereocenters. The fourth-order valence-electron chi connectivity index (χ4n) is 3.22. The van der Waals surface area contributed by atoms with Gasteiger partial charge in [0.1, 0.15) is 0 Å². The minimum Gasteiger partial charge on any atom is -0.308 e. The molecule has 5 heteroatoms. The maximum absolute atomic E-state index is 4.73. The lowest BCUT2D eigenvalue weighted by atomic mass is 9.85. The van der Waals surface area contributed by atoms with E-state index < -0.39 is 0 Å². The van der Waals surface area contributed by atoms with E-state index in [0.29, 0.717) is 5.92 Å². The Hall–Kier alpha value is -1.20. The van der Waals surface area contributed by atoms with E-state index in [0.717, 1.165) is 18.8 Å². The highest BCUT2D eigenvalue weighted by atomic mass is 32.1. The lowest BCUT2D eigenvalue weighted by molar-refractivity contribution is 0.431. The van der Waals surface area contributed by atoms with Crippen molar-refractivity contribution in [3.8, 4) is 0 Å². The largest absolute Gasteiger partial charge is 0.308 e. The number of rotatable bonds is 5. The normalized spacial score (nSPS) is 16.5. The third-order valence-corrected chi connectivity index (χ3v) is 5.31. The summed E-state index contributed by atoms with van der Waals surface area (Å²) >= 11 is 1.73. The molecule has 1 aliphatic carbocycles. The van der Waals surface area contributed by atoms with Gasteiger partial charge < -0.3 is 5.32 Å². The highest BCUT2D eigenvalue weighted by Crippen LogP contribution is 2.33. The first-order valence-corrected chi connectivity index (χ1v) is 8.74. The average molecular weight is 304 g/mol. The SMILES string of the molecule is Cc1ncsc1CNCc1cn(C)nc1C1CCCCC1. The topological polar surface area (TPSA) is 42.7 Å². The van der Waals surface area contributed by atoms with Crippen LogP contribution in [0, 0.1) is 6.92 Å². The second kappa shape index (κ2) is 6.71. The van der Waals surface area contributed by atoms with Crippen LogP contribution in [0.15, 0.2) is 11.7 Å². The molecule has 0 bridgehead atoms. The second-order valence-electron chi connectivity index (χ2n) is 6.01. The Labute approximate surface area is 130 Å². The molecule has 0 aliphatic heterocycles. The smallest absolute Gasteiger partial charge is 0.0798 e. The van der Waals surface area contributed by atoms with Gasteiger partial charge in [-0.25, -0.2) is 4.98 Å². The van der Waals surface area contributed by atoms with Crippen LogP contribution in [-0.2, 0) is 20.1 Å². The molecule has 0 unspecified atom stereocenters. The van der Waals surface area contributed by atoms with Crippen molar-refractivity contribution in [3.63, 3.8) is 0 Å². The predicted octanol–water partition coefficient (Wildman–Crippen LogP) is 3.52. The lowest BCUT2D eigenvalue weighted by Gasteiger charge is -2.21. The van der Waals surface area contributed by atoms with Gasteiger partial charge in [-0.1, -0.05) is 19.3 Å². The highest BCUT2D eigenvalue weighted by molar-refractivity contribution is 7.09. The van der Waals surface area contributed by atoms with Crippen LogP contribution in [0.3, 0.4) is 0 Å². The van der Waals surface area contributed by atoms with Crippen LogP contribution < -0.4 is 5.32 Å². The van der Waals surface area contributed by atoms with E-state index in [1.54, 1.807) is 11.3 Å². The molecule has 4 nitrogen and oxygen atoms in total. The van der Waals surface area contributed by atoms with Crippen molar-refractivity contribution < 1.29 is 0 Å². The van der Waals surface area contributed by atoms with Crippen molar-refractivity contribution in [2.45, 2.75) is 58.0 Å². The number of aromatic nitrogens is 3. The highest BCUT2D eigenvalue weighted by Gasteiger charge is 2.21. The zero-order chi connectivity index (χ0) is 14.7. The molecule has 1 saturated carbocycles. The number of hydrogen-bond acceptors (Lipinski definition) is 4. The summed E-state index contributed by atoms with van der Waals surface area (Å²) in [5.74, 6) is 0.668. The number of hydrogen-bond donors (Lipinski definition) is 1. The Morgan fingerprint density at radius 1 is 1.29 bits per heavy atom.